The standard InChI is InChI=1S/C25H45N5O2.HI/c1-21(2)20-24(32)30-18-16-29(17-19-30)23(31)12-8-5-9-14-27-25(26-3)28-15-13-22-10-6-4-7-11-22;/h10,21H,4-9,11-20H2,1-3H3,(H2,26,27,28);1H. The molecule has 1 aliphatic heterocycles. The van der Waals surface area contributed by atoms with Gasteiger partial charge in [-0.05, 0) is 50.9 Å². The van der Waals surface area contributed by atoms with E-state index in [1.807, 2.05) is 16.8 Å². The van der Waals surface area contributed by atoms with E-state index in [1.54, 1.807) is 5.57 Å². The molecule has 2 N–H and O–H groups in total. The number of hydrogen-bond acceptors (Lipinski definition) is 3. The van der Waals surface area contributed by atoms with Crippen LogP contribution in [0.25, 0.3) is 0 Å². The zero-order valence-corrected chi connectivity index (χ0v) is 23.4. The highest BCUT2D eigenvalue weighted by Gasteiger charge is 2.23. The van der Waals surface area contributed by atoms with Crippen molar-refractivity contribution in [3.8, 4) is 0 Å². The highest BCUT2D eigenvalue weighted by Crippen LogP contribution is 2.19. The summed E-state index contributed by atoms with van der Waals surface area (Å²) in [6.45, 7) is 8.61. The number of nitrogens with zero attached hydrogens (tertiary/aromatic N) is 3. The Bertz CT molecular complexity index is 643. The minimum absolute atomic E-state index is 0. The van der Waals surface area contributed by atoms with Gasteiger partial charge in [0.1, 0.15) is 0 Å². The number of hydrogen-bond donors (Lipinski definition) is 2. The largest absolute Gasteiger partial charge is 0.356 e. The van der Waals surface area contributed by atoms with Crippen LogP contribution in [0.3, 0.4) is 0 Å². The molecule has 0 unspecified atom stereocenters. The van der Waals surface area contributed by atoms with Crippen molar-refractivity contribution in [2.75, 3.05) is 46.3 Å². The summed E-state index contributed by atoms with van der Waals surface area (Å²) in [5.41, 5.74) is 1.58. The van der Waals surface area contributed by atoms with Crippen molar-refractivity contribution < 1.29 is 9.59 Å². The van der Waals surface area contributed by atoms with Crippen molar-refractivity contribution in [3.05, 3.63) is 11.6 Å². The molecule has 0 aromatic carbocycles. The fraction of sp³-hybridized carbons (Fsp3) is 0.800. The first-order chi connectivity index (χ1) is 15.5. The first kappa shape index (κ1) is 29.7. The smallest absolute Gasteiger partial charge is 0.222 e. The molecule has 0 bridgehead atoms. The molecular formula is C25H46IN5O2. The molecule has 1 heterocycles. The van der Waals surface area contributed by atoms with Gasteiger partial charge in [-0.2, -0.15) is 0 Å². The molecule has 0 spiro atoms. The lowest BCUT2D eigenvalue weighted by molar-refractivity contribution is -0.140. The lowest BCUT2D eigenvalue weighted by atomic mass is 9.97. The van der Waals surface area contributed by atoms with Crippen LogP contribution in [-0.4, -0.2) is 73.9 Å². The van der Waals surface area contributed by atoms with E-state index in [4.69, 9.17) is 0 Å². The van der Waals surface area contributed by atoms with Gasteiger partial charge in [0, 0.05) is 59.2 Å². The summed E-state index contributed by atoms with van der Waals surface area (Å²) in [6.07, 6.45) is 12.8. The number of carbonyl (C=O) groups is 2. The van der Waals surface area contributed by atoms with Crippen molar-refractivity contribution in [2.45, 2.75) is 78.1 Å². The topological polar surface area (TPSA) is 77.0 Å². The van der Waals surface area contributed by atoms with Crippen molar-refractivity contribution in [1.82, 2.24) is 20.4 Å². The fourth-order valence-corrected chi connectivity index (χ4v) is 4.32. The SMILES string of the molecule is CN=C(NCCCCCC(=O)N1CCN(C(=O)CC(C)C)CC1)NCCC1=CCCCC1.I. The van der Waals surface area contributed by atoms with Crippen molar-refractivity contribution in [2.24, 2.45) is 10.9 Å². The molecule has 2 rings (SSSR count). The second-order valence-corrected chi connectivity index (χ2v) is 9.45. The molecule has 2 aliphatic rings. The van der Waals surface area contributed by atoms with E-state index in [0.29, 0.717) is 44.9 Å². The van der Waals surface area contributed by atoms with Gasteiger partial charge in [-0.25, -0.2) is 0 Å². The third kappa shape index (κ3) is 12.1. The number of allylic oxidation sites excluding steroid dienone is 1. The number of unbranched alkanes of at least 4 members (excludes halogenated alkanes) is 2. The molecule has 1 fully saturated rings. The number of rotatable bonds is 11. The van der Waals surface area contributed by atoms with Crippen LogP contribution < -0.4 is 10.6 Å². The maximum absolute atomic E-state index is 12.5. The van der Waals surface area contributed by atoms with E-state index in [-0.39, 0.29) is 35.8 Å². The van der Waals surface area contributed by atoms with Crippen LogP contribution >= 0.6 is 24.0 Å². The summed E-state index contributed by atoms with van der Waals surface area (Å²) in [6, 6.07) is 0. The monoisotopic (exact) mass is 575 g/mol. The number of aliphatic imine (C=N–C) groups is 1. The van der Waals surface area contributed by atoms with Crippen LogP contribution in [0.4, 0.5) is 0 Å². The number of carbonyl (C=O) groups excluding carboxylic acids is 2. The van der Waals surface area contributed by atoms with E-state index in [0.717, 1.165) is 44.7 Å². The van der Waals surface area contributed by atoms with Crippen LogP contribution in [0.15, 0.2) is 16.6 Å². The third-order valence-electron chi connectivity index (χ3n) is 6.28. The molecule has 0 aromatic rings. The van der Waals surface area contributed by atoms with Crippen molar-refractivity contribution in [1.29, 1.82) is 0 Å². The van der Waals surface area contributed by atoms with Crippen LogP contribution in [0, 0.1) is 5.92 Å². The molecule has 0 saturated carbocycles. The van der Waals surface area contributed by atoms with Gasteiger partial charge >= 0.3 is 0 Å². The van der Waals surface area contributed by atoms with Crippen molar-refractivity contribution in [3.63, 3.8) is 0 Å². The number of halogens is 1. The van der Waals surface area contributed by atoms with Gasteiger partial charge in [0.05, 0.1) is 0 Å². The first-order valence-electron chi connectivity index (χ1n) is 12.7. The van der Waals surface area contributed by atoms with Gasteiger partial charge in [0.25, 0.3) is 0 Å². The minimum Gasteiger partial charge on any atom is -0.356 e. The zero-order chi connectivity index (χ0) is 23.2. The Labute approximate surface area is 218 Å². The number of amides is 2. The molecule has 33 heavy (non-hydrogen) atoms. The highest BCUT2D eigenvalue weighted by atomic mass is 127. The van der Waals surface area contributed by atoms with Gasteiger partial charge in [0.2, 0.25) is 11.8 Å². The van der Waals surface area contributed by atoms with Crippen molar-refractivity contribution >= 4 is 41.8 Å². The Balaban J connectivity index is 0.00000544. The van der Waals surface area contributed by atoms with Gasteiger partial charge in [0.15, 0.2) is 5.96 Å². The summed E-state index contributed by atoms with van der Waals surface area (Å²) < 4.78 is 0. The lowest BCUT2D eigenvalue weighted by Gasteiger charge is -2.35. The molecule has 190 valence electrons. The molecule has 7 nitrogen and oxygen atoms in total. The Hall–Kier alpha value is -1.32. The molecule has 2 amide bonds. The molecule has 8 heteroatoms. The predicted octanol–water partition coefficient (Wildman–Crippen LogP) is 3.94. The van der Waals surface area contributed by atoms with E-state index in [9.17, 15) is 9.59 Å². The average molecular weight is 576 g/mol. The van der Waals surface area contributed by atoms with Crippen LogP contribution in [0.1, 0.15) is 78.1 Å². The maximum atomic E-state index is 12.5. The third-order valence-corrected chi connectivity index (χ3v) is 6.28. The van der Waals surface area contributed by atoms with E-state index in [1.165, 1.54) is 25.7 Å². The second kappa shape index (κ2) is 17.2. The Morgan fingerprint density at radius 2 is 1.64 bits per heavy atom. The number of piperazine rings is 1. The summed E-state index contributed by atoms with van der Waals surface area (Å²) in [4.78, 5) is 32.7. The summed E-state index contributed by atoms with van der Waals surface area (Å²) >= 11 is 0. The Kier molecular flexibility index (Phi) is 15.5. The van der Waals surface area contributed by atoms with Gasteiger partial charge in [-0.1, -0.05) is 31.9 Å². The van der Waals surface area contributed by atoms with Gasteiger partial charge in [-0.3, -0.25) is 14.6 Å². The zero-order valence-electron chi connectivity index (χ0n) is 21.0. The Morgan fingerprint density at radius 1 is 0.970 bits per heavy atom. The average Bonchev–Trinajstić information content (AvgIpc) is 2.80. The van der Waals surface area contributed by atoms with E-state index in [2.05, 4.69) is 35.5 Å². The quantitative estimate of drug-likeness (QED) is 0.129. The van der Waals surface area contributed by atoms with Gasteiger partial charge < -0.3 is 20.4 Å². The molecule has 0 aromatic heterocycles. The number of nitrogens with one attached hydrogen (secondary N) is 2. The molecular weight excluding hydrogens is 529 g/mol. The molecule has 1 aliphatic carbocycles. The molecule has 1 saturated heterocycles. The maximum Gasteiger partial charge on any atom is 0.222 e. The Morgan fingerprint density at radius 3 is 2.24 bits per heavy atom. The summed E-state index contributed by atoms with van der Waals surface area (Å²) in [7, 11) is 1.81. The van der Waals surface area contributed by atoms with Gasteiger partial charge in [-0.15, -0.1) is 24.0 Å². The highest BCUT2D eigenvalue weighted by molar-refractivity contribution is 14.0. The molecule has 0 radical (unpaired) electrons. The first-order valence-corrected chi connectivity index (χ1v) is 12.7. The van der Waals surface area contributed by atoms with Crippen LogP contribution in [0.2, 0.25) is 0 Å². The fourth-order valence-electron chi connectivity index (χ4n) is 4.32. The second-order valence-electron chi connectivity index (χ2n) is 9.45. The lowest BCUT2D eigenvalue weighted by Crippen LogP contribution is -2.50. The van der Waals surface area contributed by atoms with E-state index >= 15 is 0 Å². The predicted molar refractivity (Wildman–Crippen MR) is 147 cm³/mol. The van der Waals surface area contributed by atoms with Crippen LogP contribution in [-0.2, 0) is 9.59 Å². The summed E-state index contributed by atoms with van der Waals surface area (Å²) in [5.74, 6) is 1.69. The normalized spacial score (nSPS) is 16.8. The van der Waals surface area contributed by atoms with E-state index < -0.39 is 0 Å². The van der Waals surface area contributed by atoms with Crippen LogP contribution in [0.5, 0.6) is 0 Å². The number of guanidine groups is 1. The minimum atomic E-state index is 0. The molecule has 0 atom stereocenters. The summed E-state index contributed by atoms with van der Waals surface area (Å²) in [5, 5.41) is 6.77.